The number of aliphatic hydroxyl groups is 1. The number of rotatable bonds is 34. The van der Waals surface area contributed by atoms with Crippen molar-refractivity contribution in [3.05, 3.63) is 95.6 Å². The molecule has 510 valence electrons. The number of hydrogen-bond acceptors (Lipinski definition) is 16. The van der Waals surface area contributed by atoms with E-state index in [4.69, 9.17) is 16.2 Å². The summed E-state index contributed by atoms with van der Waals surface area (Å²) in [5.74, 6) is -10.6. The number of nitrogens with one attached hydrogen (secondary N) is 7. The molecule has 2 aliphatic heterocycles. The van der Waals surface area contributed by atoms with Gasteiger partial charge in [0.15, 0.2) is 5.96 Å². The molecule has 1 aliphatic carbocycles. The summed E-state index contributed by atoms with van der Waals surface area (Å²) < 4.78 is 5.70. The molecule has 9 amide bonds. The van der Waals surface area contributed by atoms with Crippen LogP contribution in [0.5, 0.6) is 0 Å². The Morgan fingerprint density at radius 1 is 0.628 bits per heavy atom. The summed E-state index contributed by atoms with van der Waals surface area (Å²) in [5.41, 5.74) is 15.8. The zero-order valence-electron chi connectivity index (χ0n) is 53.5. The summed E-state index contributed by atoms with van der Waals surface area (Å²) in [6, 6.07) is 14.0. The molecule has 0 radical (unpaired) electrons. The quantitative estimate of drug-likeness (QED) is 0.0230. The Morgan fingerprint density at radius 2 is 1.16 bits per heavy atom. The van der Waals surface area contributed by atoms with Crippen molar-refractivity contribution < 1.29 is 77.6 Å². The van der Waals surface area contributed by atoms with Gasteiger partial charge in [-0.15, -0.1) is 0 Å². The molecule has 28 nitrogen and oxygen atoms in total. The molecule has 2 fully saturated rings. The number of hydrogen-bond donors (Lipinski definition) is 12. The normalized spacial score (nSPS) is 17.4. The first-order chi connectivity index (χ1) is 44.8. The first-order valence-electron chi connectivity index (χ1n) is 31.7. The second-order valence-corrected chi connectivity index (χ2v) is 25.0. The molecule has 3 aromatic rings. The van der Waals surface area contributed by atoms with Crippen LogP contribution < -0.4 is 48.7 Å². The topological polar surface area (TPSA) is 430 Å². The predicted octanol–water partition coefficient (Wildman–Crippen LogP) is 1.74. The molecular formula is C65H88N12O16S. The predicted molar refractivity (Wildman–Crippen MR) is 346 cm³/mol. The van der Waals surface area contributed by atoms with Crippen molar-refractivity contribution in [2.45, 2.75) is 171 Å². The molecule has 14 N–H and O–H groups in total. The number of thioether (sulfide) groups is 1. The average molecular weight is 1330 g/mol. The number of likely N-dealkylation sites (tertiary alicyclic amines) is 2. The average Bonchev–Trinajstić information content (AvgIpc) is 1.62. The number of benzene rings is 3. The lowest BCUT2D eigenvalue weighted by atomic mass is 9.97. The Morgan fingerprint density at radius 3 is 1.71 bits per heavy atom. The number of carbonyl (C=O) groups is 12. The summed E-state index contributed by atoms with van der Waals surface area (Å²) in [5, 5.41) is 47.9. The van der Waals surface area contributed by atoms with Gasteiger partial charge in [0.25, 0.3) is 0 Å². The van der Waals surface area contributed by atoms with Gasteiger partial charge in [0.1, 0.15) is 54.9 Å². The van der Waals surface area contributed by atoms with E-state index in [1.54, 1.807) is 27.7 Å². The Bertz CT molecular complexity index is 3190. The van der Waals surface area contributed by atoms with E-state index in [-0.39, 0.29) is 87.7 Å². The molecule has 0 unspecified atom stereocenters. The number of aliphatic carboxylic acids is 2. The Kier molecular flexibility index (Phi) is 28.1. The van der Waals surface area contributed by atoms with E-state index < -0.39 is 158 Å². The summed E-state index contributed by atoms with van der Waals surface area (Å²) >= 11 is 1.06. The number of amides is 9. The van der Waals surface area contributed by atoms with Crippen LogP contribution >= 0.6 is 11.8 Å². The van der Waals surface area contributed by atoms with Crippen LogP contribution in [0.1, 0.15) is 128 Å². The summed E-state index contributed by atoms with van der Waals surface area (Å²) in [7, 11) is 0. The van der Waals surface area contributed by atoms with Crippen LogP contribution in [-0.4, -0.2) is 189 Å². The minimum absolute atomic E-state index is 0.0342. The molecular weight excluding hydrogens is 1240 g/mol. The fourth-order valence-electron chi connectivity index (χ4n) is 11.6. The number of fused-ring (bicyclic) bond motifs is 3. The smallest absolute Gasteiger partial charge is 0.407 e. The molecule has 0 spiro atoms. The lowest BCUT2D eigenvalue weighted by molar-refractivity contribution is -0.146. The fraction of sp³-hybridized carbons (Fsp3) is 0.523. The summed E-state index contributed by atoms with van der Waals surface area (Å²) in [4.78, 5) is 170. The van der Waals surface area contributed by atoms with Crippen LogP contribution in [0.15, 0.2) is 83.9 Å². The summed E-state index contributed by atoms with van der Waals surface area (Å²) in [6.07, 6.45) is -3.32. The van der Waals surface area contributed by atoms with Crippen LogP contribution in [0.4, 0.5) is 4.79 Å². The third-order valence-electron chi connectivity index (χ3n) is 16.8. The van der Waals surface area contributed by atoms with Crippen molar-refractivity contribution in [1.29, 1.82) is 0 Å². The second-order valence-electron chi connectivity index (χ2n) is 24.0. The lowest BCUT2D eigenvalue weighted by Crippen LogP contribution is -2.61. The number of carbonyl (C=O) groups excluding carboxylic acids is 10. The maximum atomic E-state index is 14.4. The number of aliphatic imine (C=N–C) groups is 1. The first-order valence-corrected chi connectivity index (χ1v) is 32.7. The van der Waals surface area contributed by atoms with Crippen molar-refractivity contribution in [2.75, 3.05) is 32.8 Å². The maximum Gasteiger partial charge on any atom is 0.407 e. The van der Waals surface area contributed by atoms with Gasteiger partial charge in [-0.2, -0.15) is 0 Å². The highest BCUT2D eigenvalue weighted by atomic mass is 32.2. The third kappa shape index (κ3) is 20.9. The number of nitrogens with zero attached hydrogens (tertiary/aromatic N) is 3. The zero-order valence-corrected chi connectivity index (χ0v) is 54.3. The molecule has 29 heteroatoms. The zero-order chi connectivity index (χ0) is 68.8. The molecule has 3 aromatic carbocycles. The molecule has 0 aromatic heterocycles. The molecule has 0 saturated carbocycles. The van der Waals surface area contributed by atoms with Gasteiger partial charge in [0, 0.05) is 44.1 Å². The van der Waals surface area contributed by atoms with E-state index >= 15 is 0 Å². The Balaban J connectivity index is 1.07. The van der Waals surface area contributed by atoms with Crippen LogP contribution in [-0.2, 0) is 63.2 Å². The monoisotopic (exact) mass is 1320 g/mol. The molecule has 10 atom stereocenters. The van der Waals surface area contributed by atoms with E-state index in [2.05, 4.69) is 42.2 Å². The van der Waals surface area contributed by atoms with E-state index in [9.17, 15) is 72.9 Å². The van der Waals surface area contributed by atoms with Gasteiger partial charge in [-0.1, -0.05) is 125 Å². The molecule has 94 heavy (non-hydrogen) atoms. The van der Waals surface area contributed by atoms with Crippen LogP contribution in [0.25, 0.3) is 11.1 Å². The second kappa shape index (κ2) is 35.8. The number of nitrogens with two attached hydrogens (primary N) is 2. The van der Waals surface area contributed by atoms with Gasteiger partial charge in [-0.3, -0.25) is 57.7 Å². The van der Waals surface area contributed by atoms with Gasteiger partial charge in [-0.25, -0.2) is 4.79 Å². The van der Waals surface area contributed by atoms with E-state index in [0.717, 1.165) is 44.5 Å². The van der Waals surface area contributed by atoms with Gasteiger partial charge in [-0.05, 0) is 97.9 Å². The third-order valence-corrected chi connectivity index (χ3v) is 17.9. The molecule has 2 heterocycles. The Hall–Kier alpha value is -9.12. The van der Waals surface area contributed by atoms with Crippen LogP contribution in [0.2, 0.25) is 0 Å². The van der Waals surface area contributed by atoms with E-state index in [0.29, 0.717) is 12.2 Å². The van der Waals surface area contributed by atoms with Crippen LogP contribution in [0, 0.1) is 11.8 Å². The van der Waals surface area contributed by atoms with E-state index in [1.165, 1.54) is 11.8 Å². The summed E-state index contributed by atoms with van der Waals surface area (Å²) in [6.45, 7) is 7.35. The minimum atomic E-state index is -1.60. The van der Waals surface area contributed by atoms with Crippen molar-refractivity contribution in [3.63, 3.8) is 0 Å². The van der Waals surface area contributed by atoms with Crippen molar-refractivity contribution in [1.82, 2.24) is 47.0 Å². The highest BCUT2D eigenvalue weighted by Crippen LogP contribution is 2.44. The van der Waals surface area contributed by atoms with Gasteiger partial charge >= 0.3 is 18.0 Å². The number of aliphatic hydroxyl groups excluding tert-OH is 1. The molecule has 3 aliphatic rings. The lowest BCUT2D eigenvalue weighted by Gasteiger charge is -2.33. The Labute approximate surface area is 549 Å². The number of guanidine groups is 1. The molecule has 0 bridgehead atoms. The van der Waals surface area contributed by atoms with Crippen molar-refractivity contribution in [2.24, 2.45) is 28.3 Å². The van der Waals surface area contributed by atoms with Crippen molar-refractivity contribution >= 4 is 88.1 Å². The standard InChI is InChI=1S/C65H88N12O16S/c1-6-37(4)54(74-57(85)46(26-28-51(80)81)71-56(84)45(23-14-30-68-64(66)67)72-65(92)93-34-44-42-21-12-10-19-40(42)41-20-11-13-22-43(41)44)60(88)69-33-50(79)70-47(27-29-52(82)83)61(89)76-31-15-24-48(76)59(87)75-55(38(5)78)62(90)77-32-16-25-49(77)58(86)73-53(36(2)3)63(91)94-35-39-17-8-7-9-18-39/h7-13,17-22,36-38,44-49,53-55,78H,6,14-16,23-35H2,1-5H3,(H,69,88)(H,70,79)(H,71,84)(H,72,92)(H,73,86)(H,74,85)(H,75,87)(H,80,81)(H,82,83)(H4,66,67,68)/t37-,38+,45-,46-,47-,48-,49-,53-,54-,55-/m0/s1. The minimum Gasteiger partial charge on any atom is -0.481 e. The van der Waals surface area contributed by atoms with Gasteiger partial charge < -0.3 is 78.5 Å². The first kappa shape index (κ1) is 73.9. The number of ether oxygens (including phenoxy) is 1. The number of alkyl carbamates (subject to hydrolysis) is 1. The van der Waals surface area contributed by atoms with Crippen LogP contribution in [0.3, 0.4) is 0 Å². The largest absolute Gasteiger partial charge is 0.481 e. The number of carboxylic acids is 2. The highest BCUT2D eigenvalue weighted by Gasteiger charge is 2.44. The van der Waals surface area contributed by atoms with Gasteiger partial charge in [0.05, 0.1) is 12.6 Å². The molecule has 6 rings (SSSR count). The van der Waals surface area contributed by atoms with E-state index in [1.807, 2.05) is 78.9 Å². The van der Waals surface area contributed by atoms with Gasteiger partial charge in [0.2, 0.25) is 52.4 Å². The number of carboxylic acid groups (broad SMARTS) is 2. The SMILES string of the molecule is CC[C@H](C)[C@H](NC(=O)[C@H](CCC(=O)O)NC(=O)[C@H](CCCN=C(N)N)NC(=O)OCC1c2ccccc2-c2ccccc21)C(=O)NCC(=O)N[C@@H](CCC(=O)O)C(=O)N1CCC[C@H]1C(=O)N[C@H](C(=O)N1CCC[C@H]1C(=O)N[C@H](C(=O)SCc1ccccc1)C(C)C)[C@@H](C)O. The maximum absolute atomic E-state index is 14.4. The van der Waals surface area contributed by atoms with Crippen molar-refractivity contribution in [3.8, 4) is 11.1 Å². The molecule has 2 saturated heterocycles. The fourth-order valence-corrected chi connectivity index (χ4v) is 12.6. The highest BCUT2D eigenvalue weighted by molar-refractivity contribution is 8.13.